The van der Waals surface area contributed by atoms with Gasteiger partial charge in [0, 0.05) is 0 Å². The largest absolute Gasteiger partial charge is 0.272 e. The molecule has 0 aliphatic rings. The second-order valence-electron chi connectivity index (χ2n) is 1.45. The van der Waals surface area contributed by atoms with Crippen LogP contribution in [-0.4, -0.2) is 25.4 Å². The second-order valence-corrected chi connectivity index (χ2v) is 1.45. The molecule has 0 aromatic rings. The van der Waals surface area contributed by atoms with Crippen LogP contribution < -0.4 is 0 Å². The molecule has 0 aromatic carbocycles. The number of rotatable bonds is 3. The van der Waals surface area contributed by atoms with Crippen LogP contribution in [0.2, 0.25) is 0 Å². The third kappa shape index (κ3) is 13.0. The Bertz CT molecular complexity index is 88.2. The van der Waals surface area contributed by atoms with Gasteiger partial charge in [-0.1, -0.05) is 0 Å². The molecule has 0 fully saturated rings. The van der Waals surface area contributed by atoms with Gasteiger partial charge in [0.1, 0.15) is 6.67 Å². The molecule has 13 heavy (non-hydrogen) atoms. The molecule has 0 N–H and O–H groups in total. The third-order valence-electron chi connectivity index (χ3n) is 0.734. The molecule has 2 atom stereocenters. The molecule has 0 aliphatic carbocycles. The normalized spacial score (nSPS) is 12.5. The Morgan fingerprint density at radius 1 is 0.846 bits per heavy atom. The minimum Gasteiger partial charge on any atom is -0.248 e. The van der Waals surface area contributed by atoms with E-state index in [0.29, 0.717) is 0 Å². The number of hydrogen-bond acceptors (Lipinski definition) is 0. The van der Waals surface area contributed by atoms with Crippen molar-refractivity contribution >= 4 is 54.2 Å². The highest BCUT2D eigenvalue weighted by atomic mass is 79.9. The van der Waals surface area contributed by atoms with Crippen LogP contribution in [-0.2, 0) is 0 Å². The third-order valence-corrected chi connectivity index (χ3v) is 0.734. The average molecular weight is 338 g/mol. The molecule has 0 spiro atoms. The summed E-state index contributed by atoms with van der Waals surface area (Å²) in [5, 5.41) is 0. The van der Waals surface area contributed by atoms with Crippen molar-refractivity contribution in [3.05, 3.63) is 0 Å². The average Bonchev–Trinajstić information content (AvgIpc) is 1.84. The van der Waals surface area contributed by atoms with Crippen molar-refractivity contribution in [2.45, 2.75) is 18.8 Å². The molecular formula is C4H9BrCl3F5. The van der Waals surface area contributed by atoms with Gasteiger partial charge < -0.3 is 0 Å². The maximum atomic E-state index is 11.6. The maximum absolute atomic E-state index is 11.6. The molecule has 0 saturated carbocycles. The Morgan fingerprint density at radius 2 is 1.15 bits per heavy atom. The van der Waals surface area contributed by atoms with E-state index in [1.54, 1.807) is 0 Å². The molecule has 9 heteroatoms. The van der Waals surface area contributed by atoms with Gasteiger partial charge in [0.05, 0.1) is 0 Å². The summed E-state index contributed by atoms with van der Waals surface area (Å²) >= 11 is 0. The van der Waals surface area contributed by atoms with Crippen molar-refractivity contribution in [2.75, 3.05) is 6.67 Å². The van der Waals surface area contributed by atoms with Crippen LogP contribution in [0.3, 0.4) is 0 Å². The van der Waals surface area contributed by atoms with Gasteiger partial charge in [-0.05, 0) is 0 Å². The van der Waals surface area contributed by atoms with E-state index in [0.717, 1.165) is 0 Å². The Morgan fingerprint density at radius 3 is 1.23 bits per heavy atom. The number of alkyl halides is 5. The molecule has 0 nitrogen and oxygen atoms in total. The Hall–Kier alpha value is 1.000. The van der Waals surface area contributed by atoms with Crippen molar-refractivity contribution in [3.63, 3.8) is 0 Å². The molecule has 0 amide bonds. The topological polar surface area (TPSA) is 0 Å². The molecule has 88 valence electrons. The van der Waals surface area contributed by atoms with E-state index in [9.17, 15) is 22.0 Å². The van der Waals surface area contributed by atoms with Gasteiger partial charge in [-0.2, -0.15) is 0 Å². The minimum atomic E-state index is -3.43. The summed E-state index contributed by atoms with van der Waals surface area (Å²) in [6.07, 6.45) is -9.12. The highest BCUT2D eigenvalue weighted by Crippen LogP contribution is 2.12. The van der Waals surface area contributed by atoms with E-state index < -0.39 is 25.4 Å². The maximum Gasteiger partial charge on any atom is 0.272 e. The molecule has 0 rings (SSSR count). The molecule has 0 saturated heterocycles. The first-order valence-electron chi connectivity index (χ1n) is 2.22. The van der Waals surface area contributed by atoms with E-state index in [-0.39, 0.29) is 54.2 Å². The summed E-state index contributed by atoms with van der Waals surface area (Å²) in [6.45, 7) is -1.70. The van der Waals surface area contributed by atoms with E-state index >= 15 is 0 Å². The van der Waals surface area contributed by atoms with Crippen molar-refractivity contribution in [1.29, 1.82) is 0 Å². The van der Waals surface area contributed by atoms with Gasteiger partial charge in [-0.15, -0.1) is 54.2 Å². The van der Waals surface area contributed by atoms with Crippen molar-refractivity contribution < 1.29 is 22.0 Å². The molecule has 0 heterocycles. The lowest BCUT2D eigenvalue weighted by Gasteiger charge is -2.07. The molecule has 2 unspecified atom stereocenters. The van der Waals surface area contributed by atoms with Crippen molar-refractivity contribution in [1.82, 2.24) is 0 Å². The van der Waals surface area contributed by atoms with Crippen LogP contribution in [0, 0.1) is 0 Å². The Kier molecular flexibility index (Phi) is 34.8. The standard InChI is InChI=1S/C4H5F5.BrH.3ClH/c5-1-2(6)3(7)4(8)9;;;;/h2-4H,1H2;4*1H. The summed E-state index contributed by atoms with van der Waals surface area (Å²) in [7, 11) is 0. The number of hydrogen-bond donors (Lipinski definition) is 0. The summed E-state index contributed by atoms with van der Waals surface area (Å²) in [5.74, 6) is 0. The van der Waals surface area contributed by atoms with Gasteiger partial charge in [0.25, 0.3) is 6.43 Å². The van der Waals surface area contributed by atoms with Crippen LogP contribution >= 0.6 is 54.2 Å². The Balaban J connectivity index is -0.0000000533. The van der Waals surface area contributed by atoms with Crippen LogP contribution in [0.5, 0.6) is 0 Å². The first kappa shape index (κ1) is 29.2. The highest BCUT2D eigenvalue weighted by molar-refractivity contribution is 8.93. The lowest BCUT2D eigenvalue weighted by Crippen LogP contribution is -2.26. The van der Waals surface area contributed by atoms with Crippen LogP contribution in [0.1, 0.15) is 0 Å². The summed E-state index contributed by atoms with van der Waals surface area (Å²) in [6, 6.07) is 0. The summed E-state index contributed by atoms with van der Waals surface area (Å²) in [4.78, 5) is 0. The predicted octanol–water partition coefficient (Wildman–Crippen LogP) is 3.74. The first-order valence-corrected chi connectivity index (χ1v) is 2.22. The van der Waals surface area contributed by atoms with E-state index in [1.807, 2.05) is 0 Å². The van der Waals surface area contributed by atoms with Crippen LogP contribution in [0.25, 0.3) is 0 Å². The van der Waals surface area contributed by atoms with Crippen LogP contribution in [0.15, 0.2) is 0 Å². The lowest BCUT2D eigenvalue weighted by molar-refractivity contribution is -0.00346. The van der Waals surface area contributed by atoms with Gasteiger partial charge in [0.2, 0.25) is 0 Å². The molecule has 0 aliphatic heterocycles. The molecule has 0 bridgehead atoms. The predicted molar refractivity (Wildman–Crippen MR) is 53.8 cm³/mol. The van der Waals surface area contributed by atoms with Gasteiger partial charge in [-0.25, -0.2) is 22.0 Å². The van der Waals surface area contributed by atoms with Crippen molar-refractivity contribution in [2.24, 2.45) is 0 Å². The SMILES string of the molecule is Br.Cl.Cl.Cl.FCC(F)C(F)C(F)F. The number of halogens is 9. The monoisotopic (exact) mass is 336 g/mol. The van der Waals surface area contributed by atoms with Gasteiger partial charge in [-0.3, -0.25) is 0 Å². The zero-order valence-electron chi connectivity index (χ0n) is 5.96. The fraction of sp³-hybridized carbons (Fsp3) is 1.00. The Labute approximate surface area is 102 Å². The second kappa shape index (κ2) is 15.5. The molecular weight excluding hydrogens is 329 g/mol. The fourth-order valence-corrected chi connectivity index (χ4v) is 0.243. The van der Waals surface area contributed by atoms with E-state index in [2.05, 4.69) is 0 Å². The lowest BCUT2D eigenvalue weighted by atomic mass is 10.3. The molecule has 0 radical (unpaired) electrons. The summed E-state index contributed by atoms with van der Waals surface area (Å²) < 4.78 is 56.3. The van der Waals surface area contributed by atoms with Gasteiger partial charge in [0.15, 0.2) is 12.3 Å². The minimum absolute atomic E-state index is 0. The van der Waals surface area contributed by atoms with Crippen LogP contribution in [0.4, 0.5) is 22.0 Å². The smallest absolute Gasteiger partial charge is 0.248 e. The quantitative estimate of drug-likeness (QED) is 0.688. The van der Waals surface area contributed by atoms with E-state index in [1.165, 1.54) is 0 Å². The zero-order valence-corrected chi connectivity index (χ0v) is 10.1. The summed E-state index contributed by atoms with van der Waals surface area (Å²) in [5.41, 5.74) is 0. The zero-order chi connectivity index (χ0) is 7.44. The van der Waals surface area contributed by atoms with Gasteiger partial charge >= 0.3 is 0 Å². The highest BCUT2D eigenvalue weighted by Gasteiger charge is 2.29. The fourth-order valence-electron chi connectivity index (χ4n) is 0.243. The molecule has 0 aromatic heterocycles. The van der Waals surface area contributed by atoms with E-state index in [4.69, 9.17) is 0 Å². The first-order chi connectivity index (χ1) is 4.09. The van der Waals surface area contributed by atoms with Crippen molar-refractivity contribution in [3.8, 4) is 0 Å².